The van der Waals surface area contributed by atoms with Crippen LogP contribution < -0.4 is 11.5 Å². The van der Waals surface area contributed by atoms with Gasteiger partial charge in [0.05, 0.1) is 0 Å². The molecule has 0 atom stereocenters. The van der Waals surface area contributed by atoms with Crippen LogP contribution in [-0.4, -0.2) is 43.7 Å². The number of hydrogen-bond donors (Lipinski definition) is 8. The Balaban J connectivity index is 0.000000240. The minimum absolute atomic E-state index is 0.0456. The smallest absolute Gasteiger partial charge is 0.161 e. The first kappa shape index (κ1) is 19.2. The summed E-state index contributed by atoms with van der Waals surface area (Å²) in [6.07, 6.45) is 0.944. The maximum atomic E-state index is 9.22. The van der Waals surface area contributed by atoms with Crippen molar-refractivity contribution in [2.75, 3.05) is 13.1 Å². The van der Waals surface area contributed by atoms with Crippen molar-refractivity contribution in [1.29, 1.82) is 0 Å². The van der Waals surface area contributed by atoms with E-state index in [2.05, 4.69) is 0 Å². The molecule has 0 spiro atoms. The third-order valence-electron chi connectivity index (χ3n) is 3.18. The molecule has 0 aliphatic carbocycles. The summed E-state index contributed by atoms with van der Waals surface area (Å²) in [4.78, 5) is 0. The van der Waals surface area contributed by atoms with Gasteiger partial charge in [-0.25, -0.2) is 0 Å². The summed E-state index contributed by atoms with van der Waals surface area (Å²) in [6, 6.07) is 4.80. The van der Waals surface area contributed by atoms with Crippen LogP contribution in [-0.2, 0) is 12.8 Å². The number of rotatable bonds is 4. The summed E-state index contributed by atoms with van der Waals surface area (Å²) in [6.45, 7) is 0.773. The maximum Gasteiger partial charge on any atom is 0.161 e. The summed E-state index contributed by atoms with van der Waals surface area (Å²) >= 11 is 0. The molecule has 10 N–H and O–H groups in total. The molecule has 0 unspecified atom stereocenters. The van der Waals surface area contributed by atoms with Gasteiger partial charge in [0.25, 0.3) is 0 Å². The SMILES string of the molecule is NCCc1cc(O)c(O)cc1O.NCCc1cc(O)c(O)cc1O. The molecule has 0 fully saturated rings. The molecular formula is C16H22N2O6. The van der Waals surface area contributed by atoms with Gasteiger partial charge in [0.1, 0.15) is 11.5 Å². The zero-order valence-corrected chi connectivity index (χ0v) is 13.0. The Hall–Kier alpha value is -2.84. The Bertz CT molecular complexity index is 631. The quantitative estimate of drug-likeness (QED) is 0.295. The molecule has 0 aliphatic rings. The highest BCUT2D eigenvalue weighted by molar-refractivity contribution is 5.49. The van der Waals surface area contributed by atoms with Gasteiger partial charge in [-0.1, -0.05) is 0 Å². The van der Waals surface area contributed by atoms with Gasteiger partial charge in [-0.05, 0) is 49.2 Å². The molecule has 0 saturated carbocycles. The minimum atomic E-state index is -0.326. The fourth-order valence-corrected chi connectivity index (χ4v) is 1.93. The van der Waals surface area contributed by atoms with E-state index in [1.807, 2.05) is 0 Å². The Morgan fingerprint density at radius 3 is 1.08 bits per heavy atom. The van der Waals surface area contributed by atoms with Crippen molar-refractivity contribution in [3.8, 4) is 34.5 Å². The normalized spacial score (nSPS) is 10.1. The molecule has 2 rings (SSSR count). The summed E-state index contributed by atoms with van der Waals surface area (Å²) in [5.41, 5.74) is 11.6. The molecule has 2 aromatic rings. The molecule has 8 heteroatoms. The van der Waals surface area contributed by atoms with E-state index < -0.39 is 0 Å². The first-order valence-electron chi connectivity index (χ1n) is 7.17. The fraction of sp³-hybridized carbons (Fsp3) is 0.250. The van der Waals surface area contributed by atoms with Crippen LogP contribution in [0.1, 0.15) is 11.1 Å². The highest BCUT2D eigenvalue weighted by atomic mass is 16.3. The topological polar surface area (TPSA) is 173 Å². The summed E-state index contributed by atoms with van der Waals surface area (Å²) in [5, 5.41) is 54.4. The van der Waals surface area contributed by atoms with Gasteiger partial charge in [-0.3, -0.25) is 0 Å². The molecule has 132 valence electrons. The van der Waals surface area contributed by atoms with E-state index in [-0.39, 0.29) is 34.5 Å². The van der Waals surface area contributed by atoms with E-state index in [4.69, 9.17) is 31.9 Å². The summed E-state index contributed by atoms with van der Waals surface area (Å²) in [7, 11) is 0. The zero-order valence-electron chi connectivity index (χ0n) is 13.0. The van der Waals surface area contributed by atoms with Gasteiger partial charge in [-0.2, -0.15) is 0 Å². The highest BCUT2D eigenvalue weighted by Gasteiger charge is 2.07. The van der Waals surface area contributed by atoms with Crippen molar-refractivity contribution < 1.29 is 30.6 Å². The lowest BCUT2D eigenvalue weighted by Crippen LogP contribution is -2.02. The van der Waals surface area contributed by atoms with Crippen molar-refractivity contribution in [3.05, 3.63) is 35.4 Å². The Kier molecular flexibility index (Phi) is 6.97. The second kappa shape index (κ2) is 8.70. The van der Waals surface area contributed by atoms with Crippen molar-refractivity contribution in [2.24, 2.45) is 11.5 Å². The molecule has 0 aliphatic heterocycles. The van der Waals surface area contributed by atoms with E-state index in [9.17, 15) is 10.2 Å². The van der Waals surface area contributed by atoms with Crippen LogP contribution in [0.25, 0.3) is 0 Å². The zero-order chi connectivity index (χ0) is 18.3. The molecule has 0 saturated heterocycles. The van der Waals surface area contributed by atoms with Crippen molar-refractivity contribution in [2.45, 2.75) is 12.8 Å². The molecule has 0 aromatic heterocycles. The van der Waals surface area contributed by atoms with Crippen LogP contribution in [0, 0.1) is 0 Å². The average molecular weight is 338 g/mol. The molecular weight excluding hydrogens is 316 g/mol. The standard InChI is InChI=1S/2C8H11NO3/c2*9-2-1-5-3-7(11)8(12)4-6(5)10/h2*3-4,10-12H,1-2,9H2. The monoisotopic (exact) mass is 338 g/mol. The lowest BCUT2D eigenvalue weighted by Gasteiger charge is -2.04. The summed E-state index contributed by atoms with van der Waals surface area (Å²) < 4.78 is 0. The first-order chi connectivity index (χ1) is 11.3. The van der Waals surface area contributed by atoms with Crippen LogP contribution in [0.5, 0.6) is 34.5 Å². The second-order valence-corrected chi connectivity index (χ2v) is 5.02. The third kappa shape index (κ3) is 5.11. The summed E-state index contributed by atoms with van der Waals surface area (Å²) in [5.74, 6) is -1.22. The van der Waals surface area contributed by atoms with Crippen LogP contribution >= 0.6 is 0 Å². The maximum absolute atomic E-state index is 9.22. The molecule has 24 heavy (non-hydrogen) atoms. The minimum Gasteiger partial charge on any atom is -0.508 e. The van der Waals surface area contributed by atoms with Crippen molar-refractivity contribution in [3.63, 3.8) is 0 Å². The molecule has 0 amide bonds. The largest absolute Gasteiger partial charge is 0.508 e. The number of hydrogen-bond acceptors (Lipinski definition) is 8. The highest BCUT2D eigenvalue weighted by Crippen LogP contribution is 2.32. The fourth-order valence-electron chi connectivity index (χ4n) is 1.93. The second-order valence-electron chi connectivity index (χ2n) is 5.02. The van der Waals surface area contributed by atoms with E-state index in [0.29, 0.717) is 37.1 Å². The van der Waals surface area contributed by atoms with Crippen LogP contribution in [0.4, 0.5) is 0 Å². The van der Waals surface area contributed by atoms with Gasteiger partial charge in [0.2, 0.25) is 0 Å². The molecule has 2 aromatic carbocycles. The Labute approximate surface area is 138 Å². The lowest BCUT2D eigenvalue weighted by molar-refractivity contribution is 0.394. The van der Waals surface area contributed by atoms with Gasteiger partial charge in [-0.15, -0.1) is 0 Å². The average Bonchev–Trinajstić information content (AvgIpc) is 2.51. The van der Waals surface area contributed by atoms with Crippen molar-refractivity contribution in [1.82, 2.24) is 0 Å². The van der Waals surface area contributed by atoms with Gasteiger partial charge >= 0.3 is 0 Å². The van der Waals surface area contributed by atoms with Crippen molar-refractivity contribution >= 4 is 0 Å². The Morgan fingerprint density at radius 1 is 0.500 bits per heavy atom. The number of phenols is 6. The number of phenolic OH excluding ortho intramolecular Hbond substituents is 6. The number of aromatic hydroxyl groups is 6. The van der Waals surface area contributed by atoms with Crippen LogP contribution in [0.2, 0.25) is 0 Å². The molecule has 0 heterocycles. The molecule has 0 radical (unpaired) electrons. The van der Waals surface area contributed by atoms with E-state index in [1.165, 1.54) is 12.1 Å². The lowest BCUT2D eigenvalue weighted by atomic mass is 10.1. The number of benzene rings is 2. The van der Waals surface area contributed by atoms with Gasteiger partial charge < -0.3 is 42.1 Å². The van der Waals surface area contributed by atoms with E-state index in [0.717, 1.165) is 12.1 Å². The third-order valence-corrected chi connectivity index (χ3v) is 3.18. The first-order valence-corrected chi connectivity index (χ1v) is 7.17. The predicted octanol–water partition coefficient (Wildman–Crippen LogP) is 0.609. The predicted molar refractivity (Wildman–Crippen MR) is 88.4 cm³/mol. The van der Waals surface area contributed by atoms with Crippen LogP contribution in [0.15, 0.2) is 24.3 Å². The number of nitrogens with two attached hydrogens (primary N) is 2. The van der Waals surface area contributed by atoms with E-state index in [1.54, 1.807) is 0 Å². The Morgan fingerprint density at radius 2 is 0.792 bits per heavy atom. The van der Waals surface area contributed by atoms with Gasteiger partial charge in [0, 0.05) is 12.1 Å². The van der Waals surface area contributed by atoms with E-state index >= 15 is 0 Å². The molecule has 0 bridgehead atoms. The van der Waals surface area contributed by atoms with Gasteiger partial charge in [0.15, 0.2) is 23.0 Å². The molecule has 8 nitrogen and oxygen atoms in total. The van der Waals surface area contributed by atoms with Crippen LogP contribution in [0.3, 0.4) is 0 Å².